The normalized spacial score (nSPS) is 11.5. The first-order chi connectivity index (χ1) is 10.8. The van der Waals surface area contributed by atoms with Crippen molar-refractivity contribution in [2.45, 2.75) is 12.8 Å². The second kappa shape index (κ2) is 6.62. The van der Waals surface area contributed by atoms with Gasteiger partial charge in [-0.05, 0) is 24.5 Å². The first-order valence-electron chi connectivity index (χ1n) is 6.93. The summed E-state index contributed by atoms with van der Waals surface area (Å²) in [4.78, 5) is 12.3. The zero-order valence-electron chi connectivity index (χ0n) is 11.8. The lowest BCUT2D eigenvalue weighted by Crippen LogP contribution is -1.97. The predicted octanol–water partition coefficient (Wildman–Crippen LogP) is 2.44. The lowest BCUT2D eigenvalue weighted by Gasteiger charge is -2.02. The van der Waals surface area contributed by atoms with Gasteiger partial charge in [-0.25, -0.2) is 15.0 Å². The van der Waals surface area contributed by atoms with Crippen LogP contribution >= 0.6 is 0 Å². The Hall–Kier alpha value is -3.02. The lowest BCUT2D eigenvalue weighted by molar-refractivity contribution is 0.508. The van der Waals surface area contributed by atoms with Gasteiger partial charge < -0.3 is 5.11 Å². The third-order valence-electron chi connectivity index (χ3n) is 3.19. The molecular formula is C16H15N5O. The van der Waals surface area contributed by atoms with Crippen molar-refractivity contribution >= 4 is 11.8 Å². The third kappa shape index (κ3) is 3.54. The van der Waals surface area contributed by atoms with Gasteiger partial charge in [-0.1, -0.05) is 30.3 Å². The van der Waals surface area contributed by atoms with Crippen molar-refractivity contribution in [2.75, 3.05) is 0 Å². The van der Waals surface area contributed by atoms with Crippen molar-refractivity contribution in [3.8, 4) is 0 Å². The molecule has 0 atom stereocenters. The van der Waals surface area contributed by atoms with Crippen LogP contribution in [0.5, 0.6) is 0 Å². The molecule has 0 aliphatic rings. The van der Waals surface area contributed by atoms with Crippen LogP contribution < -0.4 is 0 Å². The summed E-state index contributed by atoms with van der Waals surface area (Å²) < 4.78 is 0. The maximum Gasteiger partial charge on any atom is 0.215 e. The molecule has 0 aliphatic carbocycles. The quantitative estimate of drug-likeness (QED) is 0.705. The van der Waals surface area contributed by atoms with Gasteiger partial charge in [0.1, 0.15) is 12.7 Å². The standard InChI is InChI=1S/C16H15N5O/c22-15(16-19-11-20-21-16)9-14-8-13(17-10-18-14)7-6-12-4-2-1-3-5-12/h1-5,8-11,22H,6-7H2,(H,19,20,21)/b15-9-. The highest BCUT2D eigenvalue weighted by atomic mass is 16.3. The maximum absolute atomic E-state index is 9.92. The van der Waals surface area contributed by atoms with E-state index in [1.54, 1.807) is 0 Å². The molecule has 2 aromatic heterocycles. The average molecular weight is 293 g/mol. The molecule has 22 heavy (non-hydrogen) atoms. The summed E-state index contributed by atoms with van der Waals surface area (Å²) in [5.74, 6) is 0.207. The first-order valence-corrected chi connectivity index (χ1v) is 6.93. The number of nitrogens with one attached hydrogen (secondary N) is 1. The fourth-order valence-corrected chi connectivity index (χ4v) is 2.08. The van der Waals surface area contributed by atoms with Gasteiger partial charge in [-0.15, -0.1) is 0 Å². The molecule has 0 spiro atoms. The minimum Gasteiger partial charge on any atom is -0.504 e. The molecule has 2 N–H and O–H groups in total. The van der Waals surface area contributed by atoms with Crippen LogP contribution in [-0.2, 0) is 12.8 Å². The largest absolute Gasteiger partial charge is 0.504 e. The molecule has 3 aromatic rings. The van der Waals surface area contributed by atoms with Crippen LogP contribution in [0.2, 0.25) is 0 Å². The van der Waals surface area contributed by atoms with E-state index in [0.29, 0.717) is 5.69 Å². The van der Waals surface area contributed by atoms with Crippen LogP contribution in [0.3, 0.4) is 0 Å². The van der Waals surface area contributed by atoms with Crippen LogP contribution in [0.15, 0.2) is 49.1 Å². The van der Waals surface area contributed by atoms with Gasteiger partial charge in [0.15, 0.2) is 5.76 Å². The van der Waals surface area contributed by atoms with E-state index in [1.165, 1.54) is 24.3 Å². The van der Waals surface area contributed by atoms with Gasteiger partial charge in [0.05, 0.1) is 5.69 Å². The van der Waals surface area contributed by atoms with Crippen LogP contribution in [0.1, 0.15) is 22.8 Å². The van der Waals surface area contributed by atoms with Gasteiger partial charge >= 0.3 is 0 Å². The number of aryl methyl sites for hydroxylation is 2. The van der Waals surface area contributed by atoms with Crippen LogP contribution in [0, 0.1) is 0 Å². The molecule has 0 bridgehead atoms. The minimum absolute atomic E-state index is 0.0334. The van der Waals surface area contributed by atoms with E-state index in [0.717, 1.165) is 18.5 Å². The number of aromatic nitrogens is 5. The van der Waals surface area contributed by atoms with Gasteiger partial charge in [-0.2, -0.15) is 5.10 Å². The molecule has 3 rings (SSSR count). The average Bonchev–Trinajstić information content (AvgIpc) is 3.09. The molecule has 6 heteroatoms. The fraction of sp³-hybridized carbons (Fsp3) is 0.125. The first kappa shape index (κ1) is 13.9. The van der Waals surface area contributed by atoms with E-state index in [9.17, 15) is 5.11 Å². The predicted molar refractivity (Wildman–Crippen MR) is 82.8 cm³/mol. The second-order valence-corrected chi connectivity index (χ2v) is 4.77. The Morgan fingerprint density at radius 2 is 1.95 bits per heavy atom. The van der Waals surface area contributed by atoms with Crippen LogP contribution in [0.4, 0.5) is 0 Å². The molecule has 0 unspecified atom stereocenters. The molecule has 110 valence electrons. The molecule has 0 radical (unpaired) electrons. The summed E-state index contributed by atoms with van der Waals surface area (Å²) in [5.41, 5.74) is 2.81. The number of hydrogen-bond donors (Lipinski definition) is 2. The molecule has 2 heterocycles. The molecule has 0 saturated carbocycles. The Morgan fingerprint density at radius 1 is 1.09 bits per heavy atom. The van der Waals surface area contributed by atoms with Gasteiger partial charge in [0, 0.05) is 11.8 Å². The third-order valence-corrected chi connectivity index (χ3v) is 3.19. The Kier molecular flexibility index (Phi) is 4.20. The molecule has 1 aromatic carbocycles. The van der Waals surface area contributed by atoms with E-state index in [-0.39, 0.29) is 11.6 Å². The number of H-pyrrole nitrogens is 1. The van der Waals surface area contributed by atoms with Gasteiger partial charge in [0.25, 0.3) is 0 Å². The summed E-state index contributed by atoms with van der Waals surface area (Å²) in [5, 5.41) is 16.3. The smallest absolute Gasteiger partial charge is 0.215 e. The number of benzene rings is 1. The Balaban J connectivity index is 1.71. The van der Waals surface area contributed by atoms with E-state index < -0.39 is 0 Å². The van der Waals surface area contributed by atoms with E-state index in [4.69, 9.17) is 0 Å². The maximum atomic E-state index is 9.92. The number of aliphatic hydroxyl groups is 1. The monoisotopic (exact) mass is 293 g/mol. The number of aromatic amines is 1. The van der Waals surface area contributed by atoms with Crippen molar-refractivity contribution in [2.24, 2.45) is 0 Å². The number of nitrogens with zero attached hydrogens (tertiary/aromatic N) is 4. The minimum atomic E-state index is -0.0334. The summed E-state index contributed by atoms with van der Waals surface area (Å²) >= 11 is 0. The van der Waals surface area contributed by atoms with Crippen molar-refractivity contribution in [3.63, 3.8) is 0 Å². The second-order valence-electron chi connectivity index (χ2n) is 4.77. The van der Waals surface area contributed by atoms with Crippen LogP contribution in [0.25, 0.3) is 11.8 Å². The molecule has 0 saturated heterocycles. The molecule has 0 amide bonds. The zero-order chi connectivity index (χ0) is 15.2. The van der Waals surface area contributed by atoms with Gasteiger partial charge in [-0.3, -0.25) is 5.10 Å². The van der Waals surface area contributed by atoms with Crippen molar-refractivity contribution < 1.29 is 5.11 Å². The Labute approximate surface area is 127 Å². The highest BCUT2D eigenvalue weighted by Crippen LogP contribution is 2.11. The fourth-order valence-electron chi connectivity index (χ4n) is 2.08. The van der Waals surface area contributed by atoms with Gasteiger partial charge in [0.2, 0.25) is 5.82 Å². The Morgan fingerprint density at radius 3 is 2.73 bits per heavy atom. The molecular weight excluding hydrogens is 278 g/mol. The summed E-state index contributed by atoms with van der Waals surface area (Å²) in [6.07, 6.45) is 6.15. The lowest BCUT2D eigenvalue weighted by atomic mass is 10.1. The highest BCUT2D eigenvalue weighted by molar-refractivity contribution is 5.71. The summed E-state index contributed by atoms with van der Waals surface area (Å²) in [6.45, 7) is 0. The Bertz CT molecular complexity index is 753. The zero-order valence-corrected chi connectivity index (χ0v) is 11.8. The topological polar surface area (TPSA) is 87.6 Å². The van der Waals surface area contributed by atoms with E-state index in [1.807, 2.05) is 24.3 Å². The van der Waals surface area contributed by atoms with Crippen molar-refractivity contribution in [1.29, 1.82) is 0 Å². The number of rotatable bonds is 5. The molecule has 6 nitrogen and oxygen atoms in total. The van der Waals surface area contributed by atoms with Crippen molar-refractivity contribution in [1.82, 2.24) is 25.1 Å². The SMILES string of the molecule is O/C(=C\c1cc(CCc2ccccc2)ncn1)c1nc[nH]n1. The van der Waals surface area contributed by atoms with E-state index in [2.05, 4.69) is 37.3 Å². The molecule has 0 fully saturated rings. The molecule has 0 aliphatic heterocycles. The van der Waals surface area contributed by atoms with E-state index >= 15 is 0 Å². The number of hydrogen-bond acceptors (Lipinski definition) is 5. The van der Waals surface area contributed by atoms with Crippen molar-refractivity contribution in [3.05, 3.63) is 71.8 Å². The highest BCUT2D eigenvalue weighted by Gasteiger charge is 2.05. The van der Waals surface area contributed by atoms with Crippen LogP contribution in [-0.4, -0.2) is 30.3 Å². The number of aliphatic hydroxyl groups excluding tert-OH is 1. The summed E-state index contributed by atoms with van der Waals surface area (Å²) in [7, 11) is 0. The summed E-state index contributed by atoms with van der Waals surface area (Å²) in [6, 6.07) is 12.1.